The number of benzene rings is 1. The van der Waals surface area contributed by atoms with Gasteiger partial charge in [0.05, 0.1) is 6.10 Å². The van der Waals surface area contributed by atoms with E-state index in [4.69, 9.17) is 27.9 Å². The standard InChI is InChI=1S/C9H6Cl2O/c10-5-1-4-2-7-9(12-7)8(4)6(11)3-5/h1,3,7,9H,2H2/t7-,9-/m1/s1. The van der Waals surface area contributed by atoms with E-state index in [0.29, 0.717) is 6.10 Å². The molecule has 1 aromatic rings. The minimum atomic E-state index is 0.268. The summed E-state index contributed by atoms with van der Waals surface area (Å²) >= 11 is 11.9. The lowest BCUT2D eigenvalue weighted by atomic mass is 10.1. The van der Waals surface area contributed by atoms with E-state index in [2.05, 4.69) is 0 Å². The molecule has 1 saturated heterocycles. The molecule has 0 unspecified atom stereocenters. The lowest BCUT2D eigenvalue weighted by molar-refractivity contribution is 0.361. The largest absolute Gasteiger partial charge is 0.364 e. The molecular formula is C9H6Cl2O. The molecule has 0 spiro atoms. The molecule has 0 N–H and O–H groups in total. The highest BCUT2D eigenvalue weighted by atomic mass is 35.5. The number of hydrogen-bond acceptors (Lipinski definition) is 1. The fourth-order valence-corrected chi connectivity index (χ4v) is 2.54. The molecule has 1 fully saturated rings. The fraction of sp³-hybridized carbons (Fsp3) is 0.333. The third-order valence-electron chi connectivity index (χ3n) is 2.47. The molecule has 0 saturated carbocycles. The predicted molar refractivity (Wildman–Crippen MR) is 47.8 cm³/mol. The summed E-state index contributed by atoms with van der Waals surface area (Å²) in [6, 6.07) is 3.77. The van der Waals surface area contributed by atoms with E-state index in [-0.39, 0.29) is 6.10 Å². The van der Waals surface area contributed by atoms with Crippen molar-refractivity contribution >= 4 is 23.2 Å². The third kappa shape index (κ3) is 0.846. The Bertz CT molecular complexity index is 362. The Labute approximate surface area is 80.2 Å². The highest BCUT2D eigenvalue weighted by Gasteiger charge is 2.48. The molecule has 1 nitrogen and oxygen atoms in total. The maximum absolute atomic E-state index is 6.03. The van der Waals surface area contributed by atoms with Crippen LogP contribution in [0.4, 0.5) is 0 Å². The normalized spacial score (nSPS) is 29.8. The van der Waals surface area contributed by atoms with Crippen LogP contribution >= 0.6 is 23.2 Å². The second kappa shape index (κ2) is 2.16. The molecule has 0 aromatic heterocycles. The van der Waals surface area contributed by atoms with E-state index >= 15 is 0 Å². The molecule has 2 atom stereocenters. The van der Waals surface area contributed by atoms with Gasteiger partial charge in [-0.15, -0.1) is 0 Å². The van der Waals surface area contributed by atoms with Gasteiger partial charge in [0.15, 0.2) is 0 Å². The number of fused-ring (bicyclic) bond motifs is 3. The number of halogens is 2. The Morgan fingerprint density at radius 2 is 2.17 bits per heavy atom. The SMILES string of the molecule is Clc1cc(Cl)c2c(c1)C[C@H]1O[C@@H]21. The first-order valence-electron chi connectivity index (χ1n) is 3.89. The molecule has 12 heavy (non-hydrogen) atoms. The van der Waals surface area contributed by atoms with Crippen LogP contribution in [0, 0.1) is 0 Å². The topological polar surface area (TPSA) is 12.5 Å². The molecule has 1 aliphatic carbocycles. The highest BCUT2D eigenvalue weighted by Crippen LogP contribution is 2.51. The average Bonchev–Trinajstić information content (AvgIpc) is 2.60. The van der Waals surface area contributed by atoms with Gasteiger partial charge in [0.1, 0.15) is 6.10 Å². The summed E-state index contributed by atoms with van der Waals surface area (Å²) in [6.07, 6.45) is 1.63. The Hall–Kier alpha value is -0.240. The zero-order valence-electron chi connectivity index (χ0n) is 6.18. The predicted octanol–water partition coefficient (Wildman–Crippen LogP) is 2.99. The van der Waals surface area contributed by atoms with Crippen molar-refractivity contribution in [1.29, 1.82) is 0 Å². The highest BCUT2D eigenvalue weighted by molar-refractivity contribution is 6.35. The zero-order chi connectivity index (χ0) is 8.29. The molecule has 0 radical (unpaired) electrons. The number of rotatable bonds is 0. The van der Waals surface area contributed by atoms with Crippen LogP contribution in [0.3, 0.4) is 0 Å². The van der Waals surface area contributed by atoms with E-state index in [1.165, 1.54) is 5.56 Å². The second-order valence-electron chi connectivity index (χ2n) is 3.26. The molecule has 1 aliphatic heterocycles. The Morgan fingerprint density at radius 3 is 3.00 bits per heavy atom. The molecule has 0 bridgehead atoms. The monoisotopic (exact) mass is 200 g/mol. The van der Waals surface area contributed by atoms with E-state index in [1.807, 2.05) is 6.07 Å². The van der Waals surface area contributed by atoms with Crippen LogP contribution in [0.25, 0.3) is 0 Å². The van der Waals surface area contributed by atoms with Crippen molar-refractivity contribution in [1.82, 2.24) is 0 Å². The van der Waals surface area contributed by atoms with Crippen LogP contribution in [-0.4, -0.2) is 6.10 Å². The van der Waals surface area contributed by atoms with Gasteiger partial charge < -0.3 is 4.74 Å². The maximum atomic E-state index is 6.03. The first-order chi connectivity index (χ1) is 5.75. The second-order valence-corrected chi connectivity index (χ2v) is 4.10. The fourth-order valence-electron chi connectivity index (χ4n) is 1.89. The van der Waals surface area contributed by atoms with Crippen LogP contribution in [-0.2, 0) is 11.2 Å². The Kier molecular flexibility index (Phi) is 1.30. The number of hydrogen-bond donors (Lipinski definition) is 0. The van der Waals surface area contributed by atoms with Gasteiger partial charge in [-0.2, -0.15) is 0 Å². The van der Waals surface area contributed by atoms with Gasteiger partial charge >= 0.3 is 0 Å². The summed E-state index contributed by atoms with van der Waals surface area (Å²) in [4.78, 5) is 0. The zero-order valence-corrected chi connectivity index (χ0v) is 7.69. The van der Waals surface area contributed by atoms with Crippen molar-refractivity contribution in [2.24, 2.45) is 0 Å². The van der Waals surface area contributed by atoms with Gasteiger partial charge in [0, 0.05) is 22.0 Å². The van der Waals surface area contributed by atoms with Gasteiger partial charge in [-0.25, -0.2) is 0 Å². The van der Waals surface area contributed by atoms with Gasteiger partial charge in [-0.1, -0.05) is 23.2 Å². The molecule has 62 valence electrons. The van der Waals surface area contributed by atoms with Crippen molar-refractivity contribution in [2.75, 3.05) is 0 Å². The molecular weight excluding hydrogens is 195 g/mol. The van der Waals surface area contributed by atoms with Crippen LogP contribution in [0.1, 0.15) is 17.2 Å². The van der Waals surface area contributed by atoms with Gasteiger partial charge in [-0.3, -0.25) is 0 Å². The Balaban J connectivity index is 2.24. The van der Waals surface area contributed by atoms with Crippen molar-refractivity contribution in [3.63, 3.8) is 0 Å². The smallest absolute Gasteiger partial charge is 0.111 e. The maximum Gasteiger partial charge on any atom is 0.111 e. The van der Waals surface area contributed by atoms with Gasteiger partial charge in [-0.05, 0) is 17.7 Å². The van der Waals surface area contributed by atoms with Crippen LogP contribution in [0.2, 0.25) is 10.0 Å². The summed E-state index contributed by atoms with van der Waals surface area (Å²) in [5.74, 6) is 0. The summed E-state index contributed by atoms with van der Waals surface area (Å²) in [7, 11) is 0. The summed E-state index contributed by atoms with van der Waals surface area (Å²) < 4.78 is 5.37. The van der Waals surface area contributed by atoms with E-state index < -0.39 is 0 Å². The van der Waals surface area contributed by atoms with E-state index in [9.17, 15) is 0 Å². The lowest BCUT2D eigenvalue weighted by Gasteiger charge is -2.04. The number of epoxide rings is 1. The van der Waals surface area contributed by atoms with Crippen LogP contribution in [0.15, 0.2) is 12.1 Å². The van der Waals surface area contributed by atoms with Crippen LogP contribution < -0.4 is 0 Å². The van der Waals surface area contributed by atoms with E-state index in [1.54, 1.807) is 6.07 Å². The lowest BCUT2D eigenvalue weighted by Crippen LogP contribution is -1.89. The van der Waals surface area contributed by atoms with Gasteiger partial charge in [0.25, 0.3) is 0 Å². The molecule has 3 heteroatoms. The first-order valence-corrected chi connectivity index (χ1v) is 4.64. The Morgan fingerprint density at radius 1 is 1.33 bits per heavy atom. The average molecular weight is 201 g/mol. The van der Waals surface area contributed by atoms with Crippen LogP contribution in [0.5, 0.6) is 0 Å². The summed E-state index contributed by atoms with van der Waals surface area (Å²) in [5.41, 5.74) is 2.42. The minimum Gasteiger partial charge on any atom is -0.364 e. The summed E-state index contributed by atoms with van der Waals surface area (Å²) in [5, 5.41) is 1.47. The molecule has 1 heterocycles. The molecule has 0 amide bonds. The first kappa shape index (κ1) is 7.19. The number of ether oxygens (including phenoxy) is 1. The summed E-state index contributed by atoms with van der Waals surface area (Å²) in [6.45, 7) is 0. The van der Waals surface area contributed by atoms with Gasteiger partial charge in [0.2, 0.25) is 0 Å². The van der Waals surface area contributed by atoms with Crippen molar-refractivity contribution in [2.45, 2.75) is 18.6 Å². The molecule has 3 rings (SSSR count). The van der Waals surface area contributed by atoms with E-state index in [0.717, 1.165) is 22.0 Å². The van der Waals surface area contributed by atoms with Crippen molar-refractivity contribution in [3.8, 4) is 0 Å². The minimum absolute atomic E-state index is 0.268. The van der Waals surface area contributed by atoms with Crippen molar-refractivity contribution in [3.05, 3.63) is 33.3 Å². The molecule has 1 aromatic carbocycles. The third-order valence-corrected chi connectivity index (χ3v) is 3.00. The van der Waals surface area contributed by atoms with Crippen molar-refractivity contribution < 1.29 is 4.74 Å². The molecule has 2 aliphatic rings. The quantitative estimate of drug-likeness (QED) is 0.587.